The van der Waals surface area contributed by atoms with Crippen molar-refractivity contribution in [2.75, 3.05) is 0 Å². The van der Waals surface area contributed by atoms with Crippen molar-refractivity contribution in [2.45, 2.75) is 52.3 Å². The van der Waals surface area contributed by atoms with Crippen molar-refractivity contribution in [3.63, 3.8) is 0 Å². The van der Waals surface area contributed by atoms with Crippen LogP contribution < -0.4 is 10.1 Å². The second-order valence-corrected chi connectivity index (χ2v) is 7.21. The Labute approximate surface area is 142 Å². The first kappa shape index (κ1) is 16.5. The Morgan fingerprint density at radius 2 is 2.21 bits per heavy atom. The third kappa shape index (κ3) is 4.13. The Morgan fingerprint density at radius 1 is 1.38 bits per heavy atom. The second-order valence-electron chi connectivity index (χ2n) is 7.21. The number of carbonyl (C=O) groups is 1. The van der Waals surface area contributed by atoms with Gasteiger partial charge in [-0.15, -0.1) is 0 Å². The molecule has 0 fully saturated rings. The van der Waals surface area contributed by atoms with Crippen LogP contribution in [0.15, 0.2) is 30.9 Å². The van der Waals surface area contributed by atoms with Crippen molar-refractivity contribution in [1.29, 1.82) is 0 Å². The van der Waals surface area contributed by atoms with Gasteiger partial charge in [-0.1, -0.05) is 6.07 Å². The summed E-state index contributed by atoms with van der Waals surface area (Å²) in [7, 11) is 0. The molecular formula is C18H24N4O2. The number of amides is 1. The number of hydrogen-bond donors (Lipinski definition) is 1. The van der Waals surface area contributed by atoms with E-state index in [0.717, 1.165) is 18.4 Å². The predicted octanol–water partition coefficient (Wildman–Crippen LogP) is 2.33. The molecule has 24 heavy (non-hydrogen) atoms. The van der Waals surface area contributed by atoms with Crippen LogP contribution in [-0.4, -0.2) is 26.0 Å². The van der Waals surface area contributed by atoms with Crippen molar-refractivity contribution < 1.29 is 9.53 Å². The fourth-order valence-electron chi connectivity index (χ4n) is 2.81. The van der Waals surface area contributed by atoms with Crippen LogP contribution in [0.3, 0.4) is 0 Å². The lowest BCUT2D eigenvalue weighted by atomic mass is 9.97. The summed E-state index contributed by atoms with van der Waals surface area (Å²) in [6.45, 7) is 7.14. The molecule has 0 saturated carbocycles. The van der Waals surface area contributed by atoms with Crippen LogP contribution >= 0.6 is 0 Å². The minimum atomic E-state index is -0.268. The van der Waals surface area contributed by atoms with Crippen molar-refractivity contribution in [2.24, 2.45) is 5.92 Å². The van der Waals surface area contributed by atoms with Gasteiger partial charge < -0.3 is 14.6 Å². The Bertz CT molecular complexity index is 701. The topological polar surface area (TPSA) is 69.0 Å². The standard InChI is InChI=1S/C18H24N4O2/c1-18(2,3)24-16-7-4-13(8-20-16)9-21-17(23)14-5-6-15-10-19-12-22(15)11-14/h4,7-8,10,12,14H,5-6,9,11H2,1-3H3,(H,21,23)/t14-/m0/s1. The van der Waals surface area contributed by atoms with Crippen LogP contribution in [0.5, 0.6) is 5.88 Å². The van der Waals surface area contributed by atoms with Crippen LogP contribution in [-0.2, 0) is 24.3 Å². The van der Waals surface area contributed by atoms with E-state index in [1.807, 2.05) is 39.1 Å². The highest BCUT2D eigenvalue weighted by Gasteiger charge is 2.24. The lowest BCUT2D eigenvalue weighted by Crippen LogP contribution is -2.35. The molecule has 1 amide bonds. The molecule has 0 bridgehead atoms. The van der Waals surface area contributed by atoms with Crippen molar-refractivity contribution >= 4 is 5.91 Å². The van der Waals surface area contributed by atoms with Crippen LogP contribution in [0.2, 0.25) is 0 Å². The SMILES string of the molecule is CC(C)(C)Oc1ccc(CNC(=O)[C@H]2CCc3cncn3C2)cn1. The van der Waals surface area contributed by atoms with E-state index < -0.39 is 0 Å². The normalized spacial score (nSPS) is 17.2. The largest absolute Gasteiger partial charge is 0.472 e. The van der Waals surface area contributed by atoms with E-state index in [9.17, 15) is 4.79 Å². The molecule has 0 spiro atoms. The van der Waals surface area contributed by atoms with Gasteiger partial charge in [-0.05, 0) is 39.2 Å². The third-order valence-electron chi connectivity index (χ3n) is 4.01. The maximum absolute atomic E-state index is 12.4. The number of imidazole rings is 1. The number of pyridine rings is 1. The number of hydrogen-bond acceptors (Lipinski definition) is 4. The van der Waals surface area contributed by atoms with E-state index in [0.29, 0.717) is 19.0 Å². The van der Waals surface area contributed by atoms with Crippen molar-refractivity contribution in [3.8, 4) is 5.88 Å². The number of ether oxygens (including phenoxy) is 1. The predicted molar refractivity (Wildman–Crippen MR) is 90.5 cm³/mol. The summed E-state index contributed by atoms with van der Waals surface area (Å²) in [5, 5.41) is 3.01. The Morgan fingerprint density at radius 3 is 2.92 bits per heavy atom. The van der Waals surface area contributed by atoms with E-state index in [1.54, 1.807) is 12.5 Å². The van der Waals surface area contributed by atoms with E-state index in [4.69, 9.17) is 4.74 Å². The Balaban J connectivity index is 1.51. The minimum Gasteiger partial charge on any atom is -0.472 e. The molecule has 6 heteroatoms. The first-order chi connectivity index (χ1) is 11.4. The molecule has 3 rings (SSSR count). The van der Waals surface area contributed by atoms with Crippen molar-refractivity contribution in [3.05, 3.63) is 42.1 Å². The molecule has 0 unspecified atom stereocenters. The molecule has 0 saturated heterocycles. The van der Waals surface area contributed by atoms with Gasteiger partial charge in [0.25, 0.3) is 0 Å². The smallest absolute Gasteiger partial charge is 0.225 e. The monoisotopic (exact) mass is 328 g/mol. The lowest BCUT2D eigenvalue weighted by Gasteiger charge is -2.23. The fourth-order valence-corrected chi connectivity index (χ4v) is 2.81. The molecule has 6 nitrogen and oxygen atoms in total. The average Bonchev–Trinajstić information content (AvgIpc) is 3.00. The van der Waals surface area contributed by atoms with Gasteiger partial charge in [0.05, 0.1) is 12.2 Å². The summed E-state index contributed by atoms with van der Waals surface area (Å²) in [5.74, 6) is 0.685. The van der Waals surface area contributed by atoms with Gasteiger partial charge in [0.2, 0.25) is 11.8 Å². The number of nitrogens with one attached hydrogen (secondary N) is 1. The zero-order chi connectivity index (χ0) is 17.2. The van der Waals surface area contributed by atoms with E-state index in [2.05, 4.69) is 19.9 Å². The fraction of sp³-hybridized carbons (Fsp3) is 0.500. The number of aromatic nitrogens is 3. The Kier molecular flexibility index (Phi) is 4.55. The van der Waals surface area contributed by atoms with Gasteiger partial charge >= 0.3 is 0 Å². The van der Waals surface area contributed by atoms with E-state index in [-0.39, 0.29) is 17.4 Å². The molecule has 128 valence electrons. The molecule has 1 aliphatic rings. The highest BCUT2D eigenvalue weighted by Crippen LogP contribution is 2.20. The van der Waals surface area contributed by atoms with Crippen LogP contribution in [0, 0.1) is 5.92 Å². The lowest BCUT2D eigenvalue weighted by molar-refractivity contribution is -0.126. The number of nitrogens with zero attached hydrogens (tertiary/aromatic N) is 3. The van der Waals surface area contributed by atoms with Crippen molar-refractivity contribution in [1.82, 2.24) is 19.9 Å². The van der Waals surface area contributed by atoms with Gasteiger partial charge in [0.15, 0.2) is 0 Å². The van der Waals surface area contributed by atoms with Gasteiger partial charge in [0.1, 0.15) is 5.60 Å². The molecule has 1 aliphatic heterocycles. The highest BCUT2D eigenvalue weighted by atomic mass is 16.5. The summed E-state index contributed by atoms with van der Waals surface area (Å²) in [4.78, 5) is 20.8. The van der Waals surface area contributed by atoms with Gasteiger partial charge in [-0.2, -0.15) is 0 Å². The number of fused-ring (bicyclic) bond motifs is 1. The first-order valence-electron chi connectivity index (χ1n) is 8.31. The molecule has 1 atom stereocenters. The quantitative estimate of drug-likeness (QED) is 0.935. The Hall–Kier alpha value is -2.37. The maximum Gasteiger partial charge on any atom is 0.225 e. The molecular weight excluding hydrogens is 304 g/mol. The second kappa shape index (κ2) is 6.63. The van der Waals surface area contributed by atoms with Crippen LogP contribution in [0.25, 0.3) is 0 Å². The van der Waals surface area contributed by atoms with E-state index >= 15 is 0 Å². The zero-order valence-electron chi connectivity index (χ0n) is 14.5. The van der Waals surface area contributed by atoms with Crippen LogP contribution in [0.1, 0.15) is 38.4 Å². The summed E-state index contributed by atoms with van der Waals surface area (Å²) in [5.41, 5.74) is 1.90. The molecule has 3 heterocycles. The summed E-state index contributed by atoms with van der Waals surface area (Å²) < 4.78 is 7.76. The molecule has 0 aromatic carbocycles. The highest BCUT2D eigenvalue weighted by molar-refractivity contribution is 5.78. The maximum atomic E-state index is 12.4. The minimum absolute atomic E-state index is 0.00292. The first-order valence-corrected chi connectivity index (χ1v) is 8.31. The van der Waals surface area contributed by atoms with Gasteiger partial charge in [0, 0.05) is 37.2 Å². The molecule has 1 N–H and O–H groups in total. The molecule has 0 radical (unpaired) electrons. The van der Waals surface area contributed by atoms with E-state index in [1.165, 1.54) is 5.69 Å². The summed E-state index contributed by atoms with van der Waals surface area (Å²) >= 11 is 0. The summed E-state index contributed by atoms with van der Waals surface area (Å²) in [6.07, 6.45) is 7.19. The summed E-state index contributed by atoms with van der Waals surface area (Å²) in [6, 6.07) is 3.77. The number of aryl methyl sites for hydroxylation is 1. The molecule has 2 aromatic rings. The van der Waals surface area contributed by atoms with Gasteiger partial charge in [-0.3, -0.25) is 4.79 Å². The third-order valence-corrected chi connectivity index (χ3v) is 4.01. The number of rotatable bonds is 4. The molecule has 2 aromatic heterocycles. The average molecular weight is 328 g/mol. The molecule has 0 aliphatic carbocycles. The van der Waals surface area contributed by atoms with Gasteiger partial charge in [-0.25, -0.2) is 9.97 Å². The zero-order valence-corrected chi connectivity index (χ0v) is 14.5. The van der Waals surface area contributed by atoms with Crippen LogP contribution in [0.4, 0.5) is 0 Å². The number of carbonyl (C=O) groups excluding carboxylic acids is 1.